The zero-order valence-electron chi connectivity index (χ0n) is 13.1. The zero-order chi connectivity index (χ0) is 17.3. The van der Waals surface area contributed by atoms with Gasteiger partial charge < -0.3 is 20.0 Å². The minimum atomic E-state index is -2.32. The predicted octanol–water partition coefficient (Wildman–Crippen LogP) is -7.28. The first-order chi connectivity index (χ1) is 11.4. The van der Waals surface area contributed by atoms with E-state index in [2.05, 4.69) is 20.8 Å². The number of carboxylic acids is 1. The van der Waals surface area contributed by atoms with Crippen LogP contribution in [0.3, 0.4) is 0 Å². The normalized spacial score (nSPS) is 25.4. The van der Waals surface area contributed by atoms with E-state index >= 15 is 0 Å². The summed E-state index contributed by atoms with van der Waals surface area (Å²) in [7, 11) is 0. The summed E-state index contributed by atoms with van der Waals surface area (Å²) in [5, 5.41) is 24.4. The van der Waals surface area contributed by atoms with Crippen molar-refractivity contribution in [1.29, 1.82) is 0 Å². The van der Waals surface area contributed by atoms with E-state index in [-0.39, 0.29) is 55.6 Å². The van der Waals surface area contributed by atoms with Gasteiger partial charge in [0, 0.05) is 6.42 Å². The largest absolute Gasteiger partial charge is 1.00 e. The van der Waals surface area contributed by atoms with Crippen LogP contribution in [0.15, 0.2) is 6.33 Å². The van der Waals surface area contributed by atoms with Crippen molar-refractivity contribution in [3.8, 4) is 0 Å². The average Bonchev–Trinajstić information content (AvgIpc) is 3.22. The number of nitrogens with zero attached hydrogens (tertiary/aromatic N) is 5. The number of ether oxygens (including phenoxy) is 1. The quantitative estimate of drug-likeness (QED) is 0.392. The second kappa shape index (κ2) is 7.43. The summed E-state index contributed by atoms with van der Waals surface area (Å²) in [5.74, 6) is -4.01. The Bertz CT molecular complexity index is 697. The molecule has 0 aliphatic carbocycles. The molecule has 0 bridgehead atoms. The Morgan fingerprint density at radius 3 is 2.76 bits per heavy atom. The van der Waals surface area contributed by atoms with Crippen LogP contribution in [0.25, 0.3) is 0 Å². The number of aromatic nitrogens is 4. The number of hydrogen-bond donors (Lipinski definition) is 1. The van der Waals surface area contributed by atoms with Gasteiger partial charge in [0.25, 0.3) is 11.6 Å². The fourth-order valence-corrected chi connectivity index (χ4v) is 2.38. The average molecular weight is 362 g/mol. The van der Waals surface area contributed by atoms with Crippen LogP contribution in [0, 0.1) is 0 Å². The first kappa shape index (κ1) is 19.2. The van der Waals surface area contributed by atoms with Crippen molar-refractivity contribution in [1.82, 2.24) is 30.6 Å². The van der Waals surface area contributed by atoms with Crippen molar-refractivity contribution < 1.29 is 63.4 Å². The maximum Gasteiger partial charge on any atom is 1.00 e. The summed E-state index contributed by atoms with van der Waals surface area (Å²) >= 11 is 0. The molecule has 0 saturated carbocycles. The van der Waals surface area contributed by atoms with Crippen molar-refractivity contribution in [2.45, 2.75) is 31.2 Å². The number of hydrogen-bond acceptors (Lipinski definition) is 10. The molecule has 0 aromatic carbocycles. The third kappa shape index (κ3) is 3.63. The molecule has 1 aromatic heterocycles. The third-order valence-electron chi connectivity index (χ3n) is 3.50. The molecule has 2 amide bonds. The number of tetrazole rings is 1. The minimum absolute atomic E-state index is 0. The molecule has 13 nitrogen and oxygen atoms in total. The zero-order valence-corrected chi connectivity index (χ0v) is 15.1. The van der Waals surface area contributed by atoms with E-state index in [4.69, 9.17) is 9.57 Å². The van der Waals surface area contributed by atoms with E-state index in [0.29, 0.717) is 5.06 Å². The van der Waals surface area contributed by atoms with Gasteiger partial charge in [-0.2, -0.15) is 5.06 Å². The SMILES string of the molecule is O=C(Cn1cnnn1)N[C@H]1CON(C2(C(=O)[O-])CCC(=O)O2)C1=O.[Na+]. The van der Waals surface area contributed by atoms with Crippen molar-refractivity contribution in [3.63, 3.8) is 0 Å². The topological polar surface area (TPSA) is 169 Å². The number of esters is 1. The third-order valence-corrected chi connectivity index (χ3v) is 3.50. The number of carbonyl (C=O) groups excluding carboxylic acids is 4. The molecule has 1 aromatic rings. The Hall–Kier alpha value is -2.09. The van der Waals surface area contributed by atoms with E-state index in [9.17, 15) is 24.3 Å². The smallest absolute Gasteiger partial charge is 0.544 e. The van der Waals surface area contributed by atoms with Gasteiger partial charge in [-0.05, 0) is 10.4 Å². The Kier molecular flexibility index (Phi) is 5.72. The number of rotatable bonds is 5. The molecule has 14 heteroatoms. The molecule has 1 unspecified atom stereocenters. The van der Waals surface area contributed by atoms with Crippen molar-refractivity contribution in [2.75, 3.05) is 6.61 Å². The van der Waals surface area contributed by atoms with Crippen LogP contribution in [0.1, 0.15) is 12.8 Å². The predicted molar refractivity (Wildman–Crippen MR) is 65.6 cm³/mol. The fraction of sp³-hybridized carbons (Fsp3) is 0.545. The molecule has 2 fully saturated rings. The summed E-state index contributed by atoms with van der Waals surface area (Å²) in [6.07, 6.45) is 0.713. The van der Waals surface area contributed by atoms with Gasteiger partial charge in [0.2, 0.25) is 5.91 Å². The van der Waals surface area contributed by atoms with Crippen LogP contribution < -0.4 is 40.0 Å². The molecule has 2 atom stereocenters. The molecule has 0 spiro atoms. The summed E-state index contributed by atoms with van der Waals surface area (Å²) in [6.45, 7) is -0.551. The van der Waals surface area contributed by atoms with Gasteiger partial charge in [0.15, 0.2) is 0 Å². The summed E-state index contributed by atoms with van der Waals surface area (Å²) in [4.78, 5) is 51.8. The number of carbonyl (C=O) groups is 4. The number of carboxylic acid groups (broad SMARTS) is 1. The second-order valence-electron chi connectivity index (χ2n) is 5.10. The standard InChI is InChI=1S/C11H12N6O7.Na/c18-7(3-16-5-12-14-15-16)13-6-4-23-17(9(6)20)11(10(21)22)2-1-8(19)24-11;/h5-6H,1-4H2,(H,13,18)(H,21,22);/q;+1/p-1/t6-,11?;/m0./s1. The van der Waals surface area contributed by atoms with Crippen molar-refractivity contribution >= 4 is 23.8 Å². The van der Waals surface area contributed by atoms with Gasteiger partial charge in [-0.25, -0.2) is 4.68 Å². The maximum absolute atomic E-state index is 12.3. The van der Waals surface area contributed by atoms with Crippen LogP contribution in [0.5, 0.6) is 0 Å². The fourth-order valence-electron chi connectivity index (χ4n) is 2.38. The second-order valence-corrected chi connectivity index (χ2v) is 5.10. The van der Waals surface area contributed by atoms with Crippen LogP contribution in [-0.2, 0) is 35.3 Å². The first-order valence-corrected chi connectivity index (χ1v) is 6.83. The molecule has 3 rings (SSSR count). The number of hydroxylamine groups is 2. The van der Waals surface area contributed by atoms with Crippen LogP contribution in [-0.4, -0.2) is 67.4 Å². The van der Waals surface area contributed by atoms with Gasteiger partial charge in [-0.1, -0.05) is 0 Å². The molecule has 128 valence electrons. The van der Waals surface area contributed by atoms with E-state index in [1.807, 2.05) is 0 Å². The van der Waals surface area contributed by atoms with Gasteiger partial charge in [0.05, 0.1) is 6.42 Å². The minimum Gasteiger partial charge on any atom is -0.544 e. The number of aliphatic carboxylic acids is 1. The summed E-state index contributed by atoms with van der Waals surface area (Å²) < 4.78 is 5.87. The van der Waals surface area contributed by atoms with Gasteiger partial charge >= 0.3 is 35.5 Å². The van der Waals surface area contributed by atoms with Gasteiger partial charge in [0.1, 0.15) is 31.5 Å². The van der Waals surface area contributed by atoms with E-state index in [1.54, 1.807) is 0 Å². The Balaban J connectivity index is 0.00000225. The number of nitrogens with one attached hydrogen (secondary N) is 1. The summed E-state index contributed by atoms with van der Waals surface area (Å²) in [6, 6.07) is -1.13. The Morgan fingerprint density at radius 1 is 1.44 bits per heavy atom. The molecule has 3 heterocycles. The monoisotopic (exact) mass is 362 g/mol. The Labute approximate surface area is 161 Å². The molecule has 2 saturated heterocycles. The number of cyclic esters (lactones) is 1. The summed E-state index contributed by atoms with van der Waals surface area (Å²) in [5.41, 5.74) is -2.32. The van der Waals surface area contributed by atoms with Crippen LogP contribution in [0.4, 0.5) is 0 Å². The van der Waals surface area contributed by atoms with E-state index < -0.39 is 35.5 Å². The van der Waals surface area contributed by atoms with Crippen LogP contribution in [0.2, 0.25) is 0 Å². The molecule has 0 radical (unpaired) electrons. The van der Waals surface area contributed by atoms with Crippen LogP contribution >= 0.6 is 0 Å². The van der Waals surface area contributed by atoms with Crippen molar-refractivity contribution in [2.24, 2.45) is 0 Å². The molecule has 25 heavy (non-hydrogen) atoms. The van der Waals surface area contributed by atoms with E-state index in [1.165, 1.54) is 6.33 Å². The molecular formula is C11H11N6NaO7. The molecule has 1 N–H and O–H groups in total. The van der Waals surface area contributed by atoms with E-state index in [0.717, 1.165) is 4.68 Å². The Morgan fingerprint density at radius 2 is 2.20 bits per heavy atom. The molecular weight excluding hydrogens is 351 g/mol. The van der Waals surface area contributed by atoms with Gasteiger partial charge in [-0.15, -0.1) is 5.10 Å². The maximum atomic E-state index is 12.3. The van der Waals surface area contributed by atoms with Gasteiger partial charge in [-0.3, -0.25) is 19.2 Å². The molecule has 2 aliphatic rings. The first-order valence-electron chi connectivity index (χ1n) is 6.83. The van der Waals surface area contributed by atoms with Crippen molar-refractivity contribution in [3.05, 3.63) is 6.33 Å². The molecule has 2 aliphatic heterocycles. The number of amides is 2.